The van der Waals surface area contributed by atoms with E-state index in [0.29, 0.717) is 30.8 Å². The molecule has 4 bridgehead atoms. The number of rotatable bonds is 2. The number of aromatic nitrogens is 2. The second-order valence-electron chi connectivity index (χ2n) is 12.0. The summed E-state index contributed by atoms with van der Waals surface area (Å²) in [5, 5.41) is 2.82. The average Bonchev–Trinajstić information content (AvgIpc) is 2.95. The first-order valence-corrected chi connectivity index (χ1v) is 15.9. The van der Waals surface area contributed by atoms with Crippen molar-refractivity contribution in [1.82, 2.24) is 20.2 Å². The maximum Gasteiger partial charge on any atom is 0.410 e. The molecule has 2 aliphatic heterocycles. The standard InChI is InChI=1S/C32H37N5O6S/c1-19-9-7-10-20(2)25(19)27-26(22-13-15-37(16-14-22)31(39)43-32(4,5)6)29-35-30(34-27)36-44(40,41)24-12-8-11-23(17-24)28(38)33-18-21(3)42-29/h7-13,17,21H,14-16,18H2,1-6H3,(H,33,38)(H,34,35,36)/t21-/m1/s1. The molecule has 3 aromatic rings. The number of fused-ring (bicyclic) bond motifs is 4. The number of sulfonamides is 1. The summed E-state index contributed by atoms with van der Waals surface area (Å²) in [5.74, 6) is -0.424. The smallest absolute Gasteiger partial charge is 0.410 e. The molecular formula is C32H37N5O6S. The second-order valence-corrected chi connectivity index (χ2v) is 13.7. The van der Waals surface area contributed by atoms with Crippen LogP contribution in [0.4, 0.5) is 10.7 Å². The topological polar surface area (TPSA) is 140 Å². The lowest BCUT2D eigenvalue weighted by Gasteiger charge is -2.30. The van der Waals surface area contributed by atoms with Crippen LogP contribution >= 0.6 is 0 Å². The summed E-state index contributed by atoms with van der Waals surface area (Å²) in [6, 6.07) is 11.6. The molecule has 1 atom stereocenters. The van der Waals surface area contributed by atoms with Gasteiger partial charge in [0.05, 0.1) is 22.7 Å². The maximum atomic E-state index is 13.5. The van der Waals surface area contributed by atoms with Crippen molar-refractivity contribution in [3.8, 4) is 17.1 Å². The molecule has 2 aliphatic rings. The van der Waals surface area contributed by atoms with E-state index in [4.69, 9.17) is 14.5 Å². The Labute approximate surface area is 257 Å². The van der Waals surface area contributed by atoms with E-state index in [-0.39, 0.29) is 28.8 Å². The predicted octanol–water partition coefficient (Wildman–Crippen LogP) is 5.10. The van der Waals surface area contributed by atoms with Crippen LogP contribution in [0.3, 0.4) is 0 Å². The maximum absolute atomic E-state index is 13.5. The number of nitrogens with one attached hydrogen (secondary N) is 2. The molecular weight excluding hydrogens is 582 g/mol. The predicted molar refractivity (Wildman–Crippen MR) is 167 cm³/mol. The van der Waals surface area contributed by atoms with E-state index in [1.54, 1.807) is 17.9 Å². The van der Waals surface area contributed by atoms with Gasteiger partial charge in [0.15, 0.2) is 0 Å². The van der Waals surface area contributed by atoms with Gasteiger partial charge in [-0.05, 0) is 82.9 Å². The van der Waals surface area contributed by atoms with Gasteiger partial charge >= 0.3 is 6.09 Å². The van der Waals surface area contributed by atoms with Crippen molar-refractivity contribution in [2.45, 2.75) is 64.6 Å². The number of nitrogens with zero attached hydrogens (tertiary/aromatic N) is 3. The molecule has 232 valence electrons. The number of hydrogen-bond donors (Lipinski definition) is 2. The number of anilines is 1. The van der Waals surface area contributed by atoms with E-state index in [1.165, 1.54) is 18.2 Å². The summed E-state index contributed by atoms with van der Waals surface area (Å²) >= 11 is 0. The van der Waals surface area contributed by atoms with Crippen LogP contribution in [0.1, 0.15) is 61.2 Å². The monoisotopic (exact) mass is 619 g/mol. The third-order valence-corrected chi connectivity index (χ3v) is 8.60. The zero-order chi connectivity index (χ0) is 31.8. The zero-order valence-electron chi connectivity index (χ0n) is 25.7. The molecule has 5 rings (SSSR count). The van der Waals surface area contributed by atoms with Gasteiger partial charge in [0.1, 0.15) is 11.7 Å². The molecule has 12 heteroatoms. The summed E-state index contributed by atoms with van der Waals surface area (Å²) < 4.78 is 41.4. The Kier molecular flexibility index (Phi) is 8.39. The number of benzene rings is 2. The Bertz CT molecular complexity index is 1740. The van der Waals surface area contributed by atoms with Crippen LogP contribution in [0, 0.1) is 13.8 Å². The van der Waals surface area contributed by atoms with E-state index in [0.717, 1.165) is 22.3 Å². The Hall–Kier alpha value is -4.45. The first-order chi connectivity index (χ1) is 20.7. The highest BCUT2D eigenvalue weighted by Crippen LogP contribution is 2.40. The molecule has 44 heavy (non-hydrogen) atoms. The molecule has 0 saturated heterocycles. The van der Waals surface area contributed by atoms with Gasteiger partial charge in [-0.25, -0.2) is 22.9 Å². The minimum Gasteiger partial charge on any atom is -0.472 e. The molecule has 2 N–H and O–H groups in total. The first-order valence-electron chi connectivity index (χ1n) is 14.5. The number of carbonyl (C=O) groups is 2. The van der Waals surface area contributed by atoms with Crippen LogP contribution in [0.25, 0.3) is 16.8 Å². The molecule has 2 amide bonds. The fourth-order valence-electron chi connectivity index (χ4n) is 5.17. The SMILES string of the molecule is Cc1cccc(C)c1-c1nc2nc(c1C1=CCN(C(=O)OC(C)(C)C)CC1)O[C@H](C)CNC(=O)c1cccc(c1)S(=O)(=O)N2. The fraction of sp³-hybridized carbons (Fsp3) is 0.375. The summed E-state index contributed by atoms with van der Waals surface area (Å²) in [6.07, 6.45) is 1.44. The van der Waals surface area contributed by atoms with E-state index in [2.05, 4.69) is 15.0 Å². The van der Waals surface area contributed by atoms with E-state index < -0.39 is 33.7 Å². The van der Waals surface area contributed by atoms with E-state index in [9.17, 15) is 18.0 Å². The average molecular weight is 620 g/mol. The van der Waals surface area contributed by atoms with Crippen molar-refractivity contribution in [2.75, 3.05) is 24.4 Å². The van der Waals surface area contributed by atoms with Crippen LogP contribution < -0.4 is 14.8 Å². The van der Waals surface area contributed by atoms with Gasteiger partial charge in [-0.2, -0.15) is 4.98 Å². The normalized spacial score (nSPS) is 18.3. The first kappa shape index (κ1) is 31.0. The van der Waals surface area contributed by atoms with Crippen LogP contribution in [-0.2, 0) is 14.8 Å². The van der Waals surface area contributed by atoms with Gasteiger partial charge in [-0.1, -0.05) is 30.3 Å². The molecule has 11 nitrogen and oxygen atoms in total. The summed E-state index contributed by atoms with van der Waals surface area (Å²) in [5.41, 5.74) is 4.21. The lowest BCUT2D eigenvalue weighted by molar-refractivity contribution is 0.0270. The van der Waals surface area contributed by atoms with Gasteiger partial charge in [-0.15, -0.1) is 0 Å². The molecule has 0 fully saturated rings. The van der Waals surface area contributed by atoms with Gasteiger partial charge in [0, 0.05) is 24.2 Å². The molecule has 0 aliphatic carbocycles. The van der Waals surface area contributed by atoms with Crippen LogP contribution in [0.15, 0.2) is 53.4 Å². The van der Waals surface area contributed by atoms with E-state index in [1.807, 2.05) is 58.9 Å². The van der Waals surface area contributed by atoms with Gasteiger partial charge in [-0.3, -0.25) is 4.79 Å². The highest BCUT2D eigenvalue weighted by molar-refractivity contribution is 7.92. The van der Waals surface area contributed by atoms with Crippen molar-refractivity contribution in [3.05, 3.63) is 70.8 Å². The minimum absolute atomic E-state index is 0.0987. The van der Waals surface area contributed by atoms with Gasteiger partial charge < -0.3 is 19.7 Å². The fourth-order valence-corrected chi connectivity index (χ4v) is 6.16. The number of amides is 2. The number of hydrogen-bond acceptors (Lipinski definition) is 8. The molecule has 1 aromatic heterocycles. The Morgan fingerprint density at radius 1 is 1.07 bits per heavy atom. The minimum atomic E-state index is -4.17. The van der Waals surface area contributed by atoms with Crippen LogP contribution in [0.5, 0.6) is 5.88 Å². The summed E-state index contributed by atoms with van der Waals surface area (Å²) in [6.45, 7) is 12.0. The van der Waals surface area contributed by atoms with Crippen molar-refractivity contribution in [2.24, 2.45) is 0 Å². The highest BCUT2D eigenvalue weighted by Gasteiger charge is 2.30. The Balaban J connectivity index is 1.68. The largest absolute Gasteiger partial charge is 0.472 e. The number of ether oxygens (including phenoxy) is 2. The number of carbonyl (C=O) groups excluding carboxylic acids is 2. The molecule has 0 unspecified atom stereocenters. The molecule has 0 saturated carbocycles. The quantitative estimate of drug-likeness (QED) is 0.404. The van der Waals surface area contributed by atoms with Crippen molar-refractivity contribution >= 4 is 33.5 Å². The number of aryl methyl sites for hydroxylation is 2. The van der Waals surface area contributed by atoms with E-state index >= 15 is 0 Å². The van der Waals surface area contributed by atoms with Gasteiger partial charge in [0.2, 0.25) is 11.8 Å². The zero-order valence-corrected chi connectivity index (χ0v) is 26.5. The Morgan fingerprint density at radius 3 is 2.43 bits per heavy atom. The van der Waals surface area contributed by atoms with Gasteiger partial charge in [0.25, 0.3) is 15.9 Å². The molecule has 0 radical (unpaired) electrons. The Morgan fingerprint density at radius 2 is 1.77 bits per heavy atom. The summed E-state index contributed by atoms with van der Waals surface area (Å²) in [7, 11) is -4.17. The molecule has 2 aromatic carbocycles. The second kappa shape index (κ2) is 11.9. The van der Waals surface area contributed by atoms with Crippen molar-refractivity contribution < 1.29 is 27.5 Å². The molecule has 0 spiro atoms. The van der Waals surface area contributed by atoms with Crippen LogP contribution in [0.2, 0.25) is 0 Å². The molecule has 3 heterocycles. The lowest BCUT2D eigenvalue weighted by atomic mass is 9.91. The lowest BCUT2D eigenvalue weighted by Crippen LogP contribution is -2.39. The van der Waals surface area contributed by atoms with Crippen molar-refractivity contribution in [3.63, 3.8) is 0 Å². The van der Waals surface area contributed by atoms with Crippen LogP contribution in [-0.4, -0.2) is 66.6 Å². The third-order valence-electron chi connectivity index (χ3n) is 7.27. The van der Waals surface area contributed by atoms with Crippen molar-refractivity contribution in [1.29, 1.82) is 0 Å². The highest BCUT2D eigenvalue weighted by atomic mass is 32.2. The third kappa shape index (κ3) is 6.70. The summed E-state index contributed by atoms with van der Waals surface area (Å²) in [4.78, 5) is 36.5.